The Morgan fingerprint density at radius 1 is 1.03 bits per heavy atom. The maximum Gasteiger partial charge on any atom is 0.242 e. The van der Waals surface area contributed by atoms with Crippen LogP contribution in [0.1, 0.15) is 46.0 Å². The number of amides is 2. The van der Waals surface area contributed by atoms with Crippen molar-refractivity contribution in [3.05, 3.63) is 42.2 Å². The molecule has 2 aliphatic rings. The van der Waals surface area contributed by atoms with Gasteiger partial charge in [0.1, 0.15) is 5.82 Å². The molecule has 1 atom stereocenters. The molecule has 2 heterocycles. The van der Waals surface area contributed by atoms with Crippen molar-refractivity contribution in [2.45, 2.75) is 52.0 Å². The zero-order chi connectivity index (χ0) is 24.1. The number of nitrogens with zero attached hydrogens (tertiary/aromatic N) is 5. The second kappa shape index (κ2) is 10.9. The first kappa shape index (κ1) is 24.1. The fraction of sp³-hybridized carbons (Fsp3) is 0.538. The minimum Gasteiger partial charge on any atom is -0.353 e. The molecule has 1 aromatic heterocycles. The van der Waals surface area contributed by atoms with E-state index in [9.17, 15) is 14.0 Å². The molecule has 182 valence electrons. The third-order valence-corrected chi connectivity index (χ3v) is 7.13. The fourth-order valence-electron chi connectivity index (χ4n) is 4.47. The van der Waals surface area contributed by atoms with Crippen molar-refractivity contribution in [1.82, 2.24) is 20.0 Å². The molecule has 1 aliphatic carbocycles. The van der Waals surface area contributed by atoms with Gasteiger partial charge in [-0.05, 0) is 69.0 Å². The summed E-state index contributed by atoms with van der Waals surface area (Å²) < 4.78 is 13.2. The summed E-state index contributed by atoms with van der Waals surface area (Å²) in [5.41, 5.74) is 1.51. The number of rotatable bonds is 7. The Hall–Kier alpha value is -3.03. The number of halogens is 1. The Morgan fingerprint density at radius 3 is 2.41 bits per heavy atom. The molecule has 1 saturated carbocycles. The number of carbonyl (C=O) groups excluding carboxylic acids is 2. The highest BCUT2D eigenvalue weighted by molar-refractivity contribution is 5.86. The van der Waals surface area contributed by atoms with Crippen LogP contribution >= 0.6 is 0 Å². The predicted molar refractivity (Wildman–Crippen MR) is 130 cm³/mol. The number of anilines is 1. The summed E-state index contributed by atoms with van der Waals surface area (Å²) in [6.45, 7) is 6.95. The average molecular weight is 468 g/mol. The molecule has 4 rings (SSSR count). The molecular formula is C26H34FN5O2. The van der Waals surface area contributed by atoms with Gasteiger partial charge < -0.3 is 14.7 Å². The zero-order valence-corrected chi connectivity index (χ0v) is 20.1. The molecule has 2 amide bonds. The summed E-state index contributed by atoms with van der Waals surface area (Å²) in [4.78, 5) is 31.9. The Kier molecular flexibility index (Phi) is 7.75. The van der Waals surface area contributed by atoms with Crippen LogP contribution in [0.2, 0.25) is 0 Å². The molecule has 0 N–H and O–H groups in total. The highest BCUT2D eigenvalue weighted by Gasteiger charge is 2.33. The van der Waals surface area contributed by atoms with Crippen LogP contribution in [-0.2, 0) is 9.59 Å². The molecule has 0 spiro atoms. The Balaban J connectivity index is 1.36. The normalized spacial score (nSPS) is 17.6. The lowest BCUT2D eigenvalue weighted by molar-refractivity contribution is -0.146. The van der Waals surface area contributed by atoms with Crippen molar-refractivity contribution in [2.24, 2.45) is 5.92 Å². The molecule has 1 aromatic carbocycles. The quantitative estimate of drug-likeness (QED) is 0.620. The number of aromatic nitrogens is 2. The zero-order valence-electron chi connectivity index (χ0n) is 20.1. The summed E-state index contributed by atoms with van der Waals surface area (Å²) in [5.74, 6) is 0.741. The first-order valence-corrected chi connectivity index (χ1v) is 12.4. The molecule has 0 bridgehead atoms. The topological polar surface area (TPSA) is 69.6 Å². The first-order valence-electron chi connectivity index (χ1n) is 12.4. The maximum absolute atomic E-state index is 13.2. The molecule has 7 nitrogen and oxygen atoms in total. The Labute approximate surface area is 200 Å². The maximum atomic E-state index is 13.2. The third kappa shape index (κ3) is 5.54. The lowest BCUT2D eigenvalue weighted by Gasteiger charge is -2.36. The lowest BCUT2D eigenvalue weighted by atomic mass is 9.84. The van der Waals surface area contributed by atoms with Crippen LogP contribution in [0.15, 0.2) is 36.4 Å². The van der Waals surface area contributed by atoms with Crippen molar-refractivity contribution in [1.29, 1.82) is 0 Å². The van der Waals surface area contributed by atoms with Crippen molar-refractivity contribution in [3.63, 3.8) is 0 Å². The second-order valence-electron chi connectivity index (χ2n) is 9.36. The first-order chi connectivity index (χ1) is 16.5. The van der Waals surface area contributed by atoms with E-state index in [1.54, 1.807) is 17.0 Å². The summed E-state index contributed by atoms with van der Waals surface area (Å²) >= 11 is 0. The van der Waals surface area contributed by atoms with Gasteiger partial charge in [0, 0.05) is 43.7 Å². The van der Waals surface area contributed by atoms with E-state index in [2.05, 4.69) is 22.0 Å². The predicted octanol–water partition coefficient (Wildman–Crippen LogP) is 3.75. The van der Waals surface area contributed by atoms with Gasteiger partial charge in [0.15, 0.2) is 5.82 Å². The highest BCUT2D eigenvalue weighted by atomic mass is 19.1. The van der Waals surface area contributed by atoms with E-state index < -0.39 is 0 Å². The average Bonchev–Trinajstić information content (AvgIpc) is 3.08. The molecule has 0 radical (unpaired) electrons. The fourth-order valence-corrected chi connectivity index (χ4v) is 4.47. The van der Waals surface area contributed by atoms with Gasteiger partial charge in [-0.3, -0.25) is 9.59 Å². The molecule has 8 heteroatoms. The minimum absolute atomic E-state index is 0.0209. The molecule has 1 unspecified atom stereocenters. The molecule has 1 saturated heterocycles. The highest BCUT2D eigenvalue weighted by Crippen LogP contribution is 2.29. The van der Waals surface area contributed by atoms with E-state index in [0.29, 0.717) is 25.3 Å². The summed E-state index contributed by atoms with van der Waals surface area (Å²) in [5, 5.41) is 8.70. The van der Waals surface area contributed by atoms with E-state index in [1.807, 2.05) is 24.0 Å². The van der Waals surface area contributed by atoms with Crippen LogP contribution in [0.3, 0.4) is 0 Å². The molecule has 2 aromatic rings. The van der Waals surface area contributed by atoms with Crippen molar-refractivity contribution >= 4 is 17.6 Å². The standard InChI is InChI=1S/C26H34FN5O2/c1-3-19(2)32(26(34)21-6-4-7-21)18-25(33)31-15-5-14-30(16-17-31)24-13-12-23(28-29-24)20-8-10-22(27)11-9-20/h8-13,19,21H,3-7,14-18H2,1-2H3. The molecule has 1 aliphatic heterocycles. The van der Waals surface area contributed by atoms with Gasteiger partial charge in [-0.1, -0.05) is 13.3 Å². The largest absolute Gasteiger partial charge is 0.353 e. The molecular weight excluding hydrogens is 433 g/mol. The van der Waals surface area contributed by atoms with Gasteiger partial charge in [-0.2, -0.15) is 0 Å². The number of benzene rings is 1. The van der Waals surface area contributed by atoms with Crippen LogP contribution in [0, 0.1) is 11.7 Å². The SMILES string of the molecule is CCC(C)N(CC(=O)N1CCCN(c2ccc(-c3ccc(F)cc3)nn2)CC1)C(=O)C1CCC1. The van der Waals surface area contributed by atoms with Gasteiger partial charge in [0.05, 0.1) is 12.2 Å². The number of hydrogen-bond acceptors (Lipinski definition) is 5. The van der Waals surface area contributed by atoms with Gasteiger partial charge >= 0.3 is 0 Å². The van der Waals surface area contributed by atoms with Gasteiger partial charge in [-0.25, -0.2) is 4.39 Å². The summed E-state index contributed by atoms with van der Waals surface area (Å²) in [7, 11) is 0. The van der Waals surface area contributed by atoms with Crippen LogP contribution in [-0.4, -0.2) is 70.6 Å². The minimum atomic E-state index is -0.281. The third-order valence-electron chi connectivity index (χ3n) is 7.13. The van der Waals surface area contributed by atoms with Crippen LogP contribution in [0.25, 0.3) is 11.3 Å². The summed E-state index contributed by atoms with van der Waals surface area (Å²) in [6.07, 6.45) is 4.66. The van der Waals surface area contributed by atoms with E-state index in [4.69, 9.17) is 0 Å². The summed E-state index contributed by atoms with van der Waals surface area (Å²) in [6, 6.07) is 10.1. The molecule has 34 heavy (non-hydrogen) atoms. The van der Waals surface area contributed by atoms with E-state index in [-0.39, 0.29) is 36.1 Å². The second-order valence-corrected chi connectivity index (χ2v) is 9.36. The van der Waals surface area contributed by atoms with Gasteiger partial charge in [-0.15, -0.1) is 10.2 Å². The number of hydrogen-bond donors (Lipinski definition) is 0. The van der Waals surface area contributed by atoms with E-state index >= 15 is 0 Å². The lowest BCUT2D eigenvalue weighted by Crippen LogP contribution is -2.50. The van der Waals surface area contributed by atoms with Crippen LogP contribution in [0.5, 0.6) is 0 Å². The number of carbonyl (C=O) groups is 2. The van der Waals surface area contributed by atoms with Crippen LogP contribution < -0.4 is 4.90 Å². The molecule has 2 fully saturated rings. The Bertz CT molecular complexity index is 978. The van der Waals surface area contributed by atoms with Crippen molar-refractivity contribution in [2.75, 3.05) is 37.6 Å². The Morgan fingerprint density at radius 2 is 1.79 bits per heavy atom. The van der Waals surface area contributed by atoms with E-state index in [0.717, 1.165) is 50.0 Å². The monoisotopic (exact) mass is 467 g/mol. The van der Waals surface area contributed by atoms with Crippen molar-refractivity contribution < 1.29 is 14.0 Å². The van der Waals surface area contributed by atoms with E-state index in [1.165, 1.54) is 12.1 Å². The van der Waals surface area contributed by atoms with Gasteiger partial charge in [0.25, 0.3) is 0 Å². The van der Waals surface area contributed by atoms with Gasteiger partial charge in [0.2, 0.25) is 11.8 Å². The van der Waals surface area contributed by atoms with Crippen molar-refractivity contribution in [3.8, 4) is 11.3 Å². The van der Waals surface area contributed by atoms with Crippen LogP contribution in [0.4, 0.5) is 10.2 Å². The smallest absolute Gasteiger partial charge is 0.242 e.